The maximum atomic E-state index is 11.0. The van der Waals surface area contributed by atoms with Crippen molar-refractivity contribution in [3.8, 4) is 11.8 Å². The van der Waals surface area contributed by atoms with Gasteiger partial charge in [-0.1, -0.05) is 62.1 Å². The number of fused-ring (bicyclic) bond motifs is 2. The minimum absolute atomic E-state index is 0.0420. The number of para-hydroxylation sites is 2. The Morgan fingerprint density at radius 3 is 2.37 bits per heavy atom. The van der Waals surface area contributed by atoms with Crippen molar-refractivity contribution in [3.05, 3.63) is 95.2 Å². The Morgan fingerprint density at radius 2 is 1.68 bits per heavy atom. The van der Waals surface area contributed by atoms with Crippen molar-refractivity contribution in [2.75, 3.05) is 18.0 Å². The van der Waals surface area contributed by atoms with Crippen molar-refractivity contribution in [1.82, 2.24) is 0 Å². The summed E-state index contributed by atoms with van der Waals surface area (Å²) in [5.41, 5.74) is 8.23. The van der Waals surface area contributed by atoms with Gasteiger partial charge in [0, 0.05) is 53.0 Å². The van der Waals surface area contributed by atoms with Crippen LogP contribution in [0.4, 0.5) is 11.4 Å². The number of carboxylic acid groups (broad SMARTS) is 1. The van der Waals surface area contributed by atoms with Crippen LogP contribution in [-0.2, 0) is 15.6 Å². The molecule has 0 spiro atoms. The average molecular weight is 508 g/mol. The van der Waals surface area contributed by atoms with E-state index in [2.05, 4.69) is 136 Å². The van der Waals surface area contributed by atoms with E-state index < -0.39 is 5.97 Å². The lowest BCUT2D eigenvalue weighted by molar-refractivity contribution is -0.433. The van der Waals surface area contributed by atoms with E-state index in [0.717, 1.165) is 18.7 Å². The van der Waals surface area contributed by atoms with Crippen LogP contribution in [0.5, 0.6) is 0 Å². The Labute approximate surface area is 227 Å². The van der Waals surface area contributed by atoms with Crippen molar-refractivity contribution in [1.29, 1.82) is 0 Å². The zero-order chi connectivity index (χ0) is 27.5. The highest BCUT2D eigenvalue weighted by atomic mass is 16.4. The van der Waals surface area contributed by atoms with Crippen LogP contribution >= 0.6 is 0 Å². The third kappa shape index (κ3) is 4.98. The fourth-order valence-electron chi connectivity index (χ4n) is 5.77. The molecule has 2 heterocycles. The molecule has 0 aliphatic carbocycles. The first-order valence-electron chi connectivity index (χ1n) is 13.6. The Kier molecular flexibility index (Phi) is 7.78. The van der Waals surface area contributed by atoms with Gasteiger partial charge in [-0.25, -0.2) is 0 Å². The highest BCUT2D eigenvalue weighted by molar-refractivity contribution is 6.03. The Morgan fingerprint density at radius 1 is 1.00 bits per heavy atom. The second kappa shape index (κ2) is 10.9. The first-order valence-corrected chi connectivity index (χ1v) is 13.6. The standard InChI is InChI=1S/C34H38N2O2/c1-7-35-28-18-12-10-16-26(28)33(3,4)30(35)23-21-25(15-9-14-20-32(37)38)22-24-31-34(5,6)27-17-11-13-19-29(27)36(31)8-2/h10-13,16-19,21-24H,7-8,14,20H2,1-6H3/p+1. The van der Waals surface area contributed by atoms with Gasteiger partial charge in [-0.05, 0) is 57.6 Å². The van der Waals surface area contributed by atoms with Gasteiger partial charge in [0.05, 0.1) is 11.8 Å². The summed E-state index contributed by atoms with van der Waals surface area (Å²) in [6, 6.07) is 17.2. The van der Waals surface area contributed by atoms with E-state index in [0.29, 0.717) is 6.42 Å². The van der Waals surface area contributed by atoms with Gasteiger partial charge in [0.1, 0.15) is 6.54 Å². The maximum Gasteiger partial charge on any atom is 0.304 e. The molecule has 2 aliphatic rings. The second-order valence-electron chi connectivity index (χ2n) is 10.9. The lowest BCUT2D eigenvalue weighted by atomic mass is 9.81. The highest BCUT2D eigenvalue weighted by Gasteiger charge is 2.43. The number of aliphatic carboxylic acids is 1. The summed E-state index contributed by atoms with van der Waals surface area (Å²) in [4.78, 5) is 13.4. The summed E-state index contributed by atoms with van der Waals surface area (Å²) in [6.45, 7) is 15.2. The topological polar surface area (TPSA) is 43.6 Å². The van der Waals surface area contributed by atoms with Crippen molar-refractivity contribution in [2.24, 2.45) is 0 Å². The van der Waals surface area contributed by atoms with E-state index in [9.17, 15) is 4.79 Å². The number of anilines is 1. The molecular formula is C34H39N2O2+. The molecule has 0 amide bonds. The van der Waals surface area contributed by atoms with E-state index in [1.807, 2.05) is 0 Å². The summed E-state index contributed by atoms with van der Waals surface area (Å²) >= 11 is 0. The fourth-order valence-corrected chi connectivity index (χ4v) is 5.77. The third-order valence-electron chi connectivity index (χ3n) is 7.77. The molecule has 0 atom stereocenters. The van der Waals surface area contributed by atoms with Crippen LogP contribution < -0.4 is 4.90 Å². The van der Waals surface area contributed by atoms with Crippen molar-refractivity contribution < 1.29 is 14.5 Å². The molecule has 0 aromatic heterocycles. The molecule has 2 aromatic rings. The smallest absolute Gasteiger partial charge is 0.304 e. The molecule has 2 aliphatic heterocycles. The van der Waals surface area contributed by atoms with Gasteiger partial charge in [-0.2, -0.15) is 4.58 Å². The number of allylic oxidation sites excluding steroid dienone is 6. The van der Waals surface area contributed by atoms with Crippen LogP contribution in [0.2, 0.25) is 0 Å². The fraction of sp³-hybridized carbons (Fsp3) is 0.353. The minimum atomic E-state index is -0.828. The first kappa shape index (κ1) is 27.2. The molecular weight excluding hydrogens is 468 g/mol. The molecule has 4 nitrogen and oxygen atoms in total. The van der Waals surface area contributed by atoms with Crippen molar-refractivity contribution >= 4 is 23.1 Å². The summed E-state index contributed by atoms with van der Waals surface area (Å²) < 4.78 is 2.37. The zero-order valence-electron chi connectivity index (χ0n) is 23.5. The number of benzene rings is 2. The first-order chi connectivity index (χ1) is 18.1. The second-order valence-corrected chi connectivity index (χ2v) is 10.9. The van der Waals surface area contributed by atoms with E-state index >= 15 is 0 Å². The molecule has 0 saturated carbocycles. The molecule has 0 bridgehead atoms. The van der Waals surface area contributed by atoms with Gasteiger partial charge < -0.3 is 10.0 Å². The van der Waals surface area contributed by atoms with Crippen molar-refractivity contribution in [2.45, 2.75) is 65.2 Å². The third-order valence-corrected chi connectivity index (χ3v) is 7.77. The van der Waals surface area contributed by atoms with Gasteiger partial charge >= 0.3 is 5.97 Å². The Balaban J connectivity index is 1.75. The Hall–Kier alpha value is -3.84. The quantitative estimate of drug-likeness (QED) is 0.246. The molecule has 4 heteroatoms. The van der Waals surface area contributed by atoms with Gasteiger partial charge in [0.2, 0.25) is 5.69 Å². The minimum Gasteiger partial charge on any atom is -0.481 e. The lowest BCUT2D eigenvalue weighted by Gasteiger charge is -2.25. The molecule has 0 fully saturated rings. The van der Waals surface area contributed by atoms with E-state index in [4.69, 9.17) is 5.11 Å². The molecule has 4 rings (SSSR count). The van der Waals surface area contributed by atoms with Crippen molar-refractivity contribution in [3.63, 3.8) is 0 Å². The molecule has 0 radical (unpaired) electrons. The molecule has 0 saturated heterocycles. The van der Waals surface area contributed by atoms with Crippen LogP contribution in [0, 0.1) is 11.8 Å². The van der Waals surface area contributed by atoms with Crippen LogP contribution in [-0.4, -0.2) is 34.5 Å². The highest BCUT2D eigenvalue weighted by Crippen LogP contribution is 2.47. The summed E-state index contributed by atoms with van der Waals surface area (Å²) in [5.74, 6) is 5.50. The van der Waals surface area contributed by atoms with Gasteiger partial charge in [0.15, 0.2) is 5.71 Å². The number of nitrogens with zero attached hydrogens (tertiary/aromatic N) is 2. The number of hydrogen-bond acceptors (Lipinski definition) is 2. The number of carboxylic acids is 1. The molecule has 196 valence electrons. The molecule has 0 unspecified atom stereocenters. The Bertz CT molecular complexity index is 1420. The molecule has 38 heavy (non-hydrogen) atoms. The SMILES string of the molecule is CCN1C(=CC=C(C#CCCC(=O)O)C=CC2=[N+](CC)c3ccccc3C2(C)C)C(C)(C)c2ccccc21. The monoisotopic (exact) mass is 507 g/mol. The van der Waals surface area contributed by atoms with Crippen LogP contribution in [0.3, 0.4) is 0 Å². The average Bonchev–Trinajstić information content (AvgIpc) is 3.25. The largest absolute Gasteiger partial charge is 0.481 e. The van der Waals surface area contributed by atoms with Crippen LogP contribution in [0.1, 0.15) is 65.5 Å². The maximum absolute atomic E-state index is 11.0. The van der Waals surface area contributed by atoms with Gasteiger partial charge in [0.25, 0.3) is 0 Å². The number of rotatable bonds is 7. The van der Waals surface area contributed by atoms with E-state index in [1.54, 1.807) is 0 Å². The molecule has 1 N–H and O–H groups in total. The predicted octanol–water partition coefficient (Wildman–Crippen LogP) is 7.14. The van der Waals surface area contributed by atoms with E-state index in [-0.39, 0.29) is 17.3 Å². The normalized spacial score (nSPS) is 18.5. The summed E-state index contributed by atoms with van der Waals surface area (Å²) in [6.07, 6.45) is 8.91. The predicted molar refractivity (Wildman–Crippen MR) is 157 cm³/mol. The number of likely N-dealkylation sites (N-methyl/N-ethyl adjacent to an activating group) is 1. The van der Waals surface area contributed by atoms with Gasteiger partial charge in [-0.15, -0.1) is 0 Å². The van der Waals surface area contributed by atoms with Gasteiger partial charge in [-0.3, -0.25) is 4.79 Å². The number of carbonyl (C=O) groups is 1. The number of hydrogen-bond donors (Lipinski definition) is 1. The summed E-state index contributed by atoms with van der Waals surface area (Å²) in [7, 11) is 0. The van der Waals surface area contributed by atoms with Crippen LogP contribution in [0.25, 0.3) is 0 Å². The van der Waals surface area contributed by atoms with Crippen LogP contribution in [0.15, 0.2) is 84.1 Å². The zero-order valence-corrected chi connectivity index (χ0v) is 23.5. The lowest BCUT2D eigenvalue weighted by Crippen LogP contribution is -2.27. The van der Waals surface area contributed by atoms with E-state index in [1.165, 1.54) is 33.9 Å². The molecule has 2 aromatic carbocycles. The summed E-state index contributed by atoms with van der Waals surface area (Å²) in [5, 5.41) is 9.05.